The van der Waals surface area contributed by atoms with Gasteiger partial charge in [0.1, 0.15) is 0 Å². The van der Waals surface area contributed by atoms with Crippen molar-refractivity contribution < 1.29 is 13.2 Å². The van der Waals surface area contributed by atoms with Crippen LogP contribution in [-0.4, -0.2) is 35.6 Å². The molecule has 9 heteroatoms. The molecule has 138 valence electrons. The van der Waals surface area contributed by atoms with Crippen LogP contribution in [0.1, 0.15) is 35.2 Å². The average Bonchev–Trinajstić information content (AvgIpc) is 2.60. The minimum Gasteiger partial charge on any atom is -0.348 e. The van der Waals surface area contributed by atoms with E-state index in [0.29, 0.717) is 5.95 Å². The second kappa shape index (κ2) is 7.38. The van der Waals surface area contributed by atoms with Gasteiger partial charge < -0.3 is 5.32 Å². The van der Waals surface area contributed by atoms with E-state index in [9.17, 15) is 13.2 Å². The van der Waals surface area contributed by atoms with E-state index in [4.69, 9.17) is 5.84 Å². The number of aromatic nitrogens is 2. The molecule has 0 atom stereocenters. The van der Waals surface area contributed by atoms with Crippen molar-refractivity contribution in [3.8, 4) is 0 Å². The van der Waals surface area contributed by atoms with Gasteiger partial charge in [-0.3, -0.25) is 10.2 Å². The maximum atomic E-state index is 12.6. The van der Waals surface area contributed by atoms with Gasteiger partial charge in [0.25, 0.3) is 5.91 Å². The third kappa shape index (κ3) is 4.36. The monoisotopic (exact) mass is 375 g/mol. The molecular formula is C17H21N5O3S. The number of hydrogen-bond acceptors (Lipinski definition) is 7. The van der Waals surface area contributed by atoms with Crippen LogP contribution in [0.25, 0.3) is 0 Å². The summed E-state index contributed by atoms with van der Waals surface area (Å²) in [6.07, 6.45) is 5.11. The first kappa shape index (κ1) is 18.3. The highest BCUT2D eigenvalue weighted by atomic mass is 32.2. The molecule has 0 radical (unpaired) electrons. The maximum Gasteiger partial charge on any atom is 0.268 e. The molecule has 26 heavy (non-hydrogen) atoms. The van der Waals surface area contributed by atoms with Crippen molar-refractivity contribution in [3.63, 3.8) is 0 Å². The average molecular weight is 375 g/mol. The number of nitrogen functional groups attached to an aromatic ring is 1. The molecular weight excluding hydrogens is 354 g/mol. The Hall–Kier alpha value is -2.52. The summed E-state index contributed by atoms with van der Waals surface area (Å²) in [6.45, 7) is 0. The van der Waals surface area contributed by atoms with Gasteiger partial charge in [-0.25, -0.2) is 24.2 Å². The minimum atomic E-state index is -3.30. The van der Waals surface area contributed by atoms with Crippen LogP contribution in [0.3, 0.4) is 0 Å². The highest BCUT2D eigenvalue weighted by Gasteiger charge is 2.41. The molecule has 1 amide bonds. The minimum absolute atomic E-state index is 0.00767. The number of sulfone groups is 1. The van der Waals surface area contributed by atoms with Crippen molar-refractivity contribution in [3.05, 3.63) is 53.9 Å². The molecule has 1 aromatic heterocycles. The van der Waals surface area contributed by atoms with Crippen molar-refractivity contribution in [2.45, 2.75) is 30.6 Å². The number of benzene rings is 1. The number of amides is 1. The van der Waals surface area contributed by atoms with Gasteiger partial charge in [0.05, 0.1) is 22.6 Å². The van der Waals surface area contributed by atoms with Crippen molar-refractivity contribution in [1.82, 2.24) is 15.4 Å². The molecule has 1 saturated carbocycles. The van der Waals surface area contributed by atoms with Crippen LogP contribution in [0, 0.1) is 0 Å². The van der Waals surface area contributed by atoms with E-state index in [0.717, 1.165) is 24.8 Å². The number of hydrazine groups is 1. The van der Waals surface area contributed by atoms with Gasteiger partial charge in [-0.05, 0) is 24.8 Å². The van der Waals surface area contributed by atoms with Crippen molar-refractivity contribution >= 4 is 21.7 Å². The molecule has 1 aliphatic carbocycles. The zero-order valence-corrected chi connectivity index (χ0v) is 15.0. The lowest BCUT2D eigenvalue weighted by Crippen LogP contribution is -2.51. The lowest BCUT2D eigenvalue weighted by molar-refractivity contribution is 0.0953. The quantitative estimate of drug-likeness (QED) is 0.375. The summed E-state index contributed by atoms with van der Waals surface area (Å²) < 4.78 is 25.3. The smallest absolute Gasteiger partial charge is 0.268 e. The summed E-state index contributed by atoms with van der Waals surface area (Å²) in [5.74, 6) is 4.91. The lowest BCUT2D eigenvalue weighted by Gasteiger charge is -2.42. The number of nitrogens with zero attached hydrogens (tertiary/aromatic N) is 2. The summed E-state index contributed by atoms with van der Waals surface area (Å²) in [4.78, 5) is 19.6. The Bertz CT molecular complexity index is 865. The molecule has 2 aromatic rings. The Labute approximate surface area is 152 Å². The molecule has 4 N–H and O–H groups in total. The van der Waals surface area contributed by atoms with E-state index in [-0.39, 0.29) is 17.1 Å². The third-order valence-electron chi connectivity index (χ3n) is 4.46. The van der Waals surface area contributed by atoms with Crippen LogP contribution >= 0.6 is 0 Å². The highest BCUT2D eigenvalue weighted by Crippen LogP contribution is 2.36. The van der Waals surface area contributed by atoms with E-state index in [1.54, 1.807) is 0 Å². The van der Waals surface area contributed by atoms with Crippen LogP contribution in [0.15, 0.2) is 42.7 Å². The third-order valence-corrected chi connectivity index (χ3v) is 6.22. The summed E-state index contributed by atoms with van der Waals surface area (Å²) in [7, 11) is -3.30. The predicted molar refractivity (Wildman–Crippen MR) is 97.8 cm³/mol. The number of nitrogens with two attached hydrogens (primary N) is 1. The Balaban J connectivity index is 1.70. The number of rotatable bonds is 7. The van der Waals surface area contributed by atoms with Gasteiger partial charge in [-0.2, -0.15) is 0 Å². The molecule has 0 spiro atoms. The summed E-state index contributed by atoms with van der Waals surface area (Å²) in [6, 6.07) is 9.13. The number of nitrogens with one attached hydrogen (secondary N) is 2. The fraction of sp³-hybridized carbons (Fsp3) is 0.353. The van der Waals surface area contributed by atoms with Crippen molar-refractivity contribution in [1.29, 1.82) is 0 Å². The predicted octanol–water partition coefficient (Wildman–Crippen LogP) is 1.03. The van der Waals surface area contributed by atoms with Crippen molar-refractivity contribution in [2.24, 2.45) is 5.84 Å². The molecule has 8 nitrogen and oxygen atoms in total. The first-order valence-corrected chi connectivity index (χ1v) is 10.1. The number of carbonyl (C=O) groups is 1. The Kier molecular flexibility index (Phi) is 5.19. The summed E-state index contributed by atoms with van der Waals surface area (Å²) >= 11 is 0. The first-order chi connectivity index (χ1) is 12.4. The van der Waals surface area contributed by atoms with Gasteiger partial charge >= 0.3 is 0 Å². The Morgan fingerprint density at radius 2 is 1.81 bits per heavy atom. The highest BCUT2D eigenvalue weighted by molar-refractivity contribution is 7.90. The normalized spacial score (nSPS) is 15.7. The standard InChI is InChI=1S/C17H21N5O3S/c18-22-15(23)14-9-19-16(20-10-14)21-17(7-4-8-17)12-26(24,25)11-13-5-2-1-3-6-13/h1-3,5-6,9-10H,4,7-8,11-12,18H2,(H,22,23)(H,19,20,21). The fourth-order valence-electron chi connectivity index (χ4n) is 3.04. The van der Waals surface area contributed by atoms with Gasteiger partial charge in [0.15, 0.2) is 9.84 Å². The second-order valence-corrected chi connectivity index (χ2v) is 8.61. The van der Waals surface area contributed by atoms with Gasteiger partial charge in [-0.1, -0.05) is 30.3 Å². The van der Waals surface area contributed by atoms with Crippen LogP contribution in [0.2, 0.25) is 0 Å². The molecule has 0 aliphatic heterocycles. The maximum absolute atomic E-state index is 12.6. The molecule has 1 heterocycles. The van der Waals surface area contributed by atoms with Crippen LogP contribution in [0.5, 0.6) is 0 Å². The SMILES string of the molecule is NNC(=O)c1cnc(NC2(CS(=O)(=O)Cc3ccccc3)CCC2)nc1. The molecule has 1 aromatic carbocycles. The zero-order valence-electron chi connectivity index (χ0n) is 14.2. The van der Waals surface area contributed by atoms with Crippen LogP contribution < -0.4 is 16.6 Å². The molecule has 3 rings (SSSR count). The van der Waals surface area contributed by atoms with Gasteiger partial charge in [0, 0.05) is 12.4 Å². The van der Waals surface area contributed by atoms with Gasteiger partial charge in [-0.15, -0.1) is 0 Å². The number of carbonyl (C=O) groups excluding carboxylic acids is 1. The number of hydrogen-bond donors (Lipinski definition) is 3. The van der Waals surface area contributed by atoms with E-state index in [1.807, 2.05) is 35.8 Å². The van der Waals surface area contributed by atoms with E-state index < -0.39 is 21.3 Å². The van der Waals surface area contributed by atoms with Crippen LogP contribution in [0.4, 0.5) is 5.95 Å². The molecule has 0 unspecified atom stereocenters. The van der Waals surface area contributed by atoms with Crippen LogP contribution in [-0.2, 0) is 15.6 Å². The first-order valence-electron chi connectivity index (χ1n) is 8.27. The second-order valence-electron chi connectivity index (χ2n) is 6.55. The topological polar surface area (TPSA) is 127 Å². The Morgan fingerprint density at radius 3 is 2.35 bits per heavy atom. The number of anilines is 1. The van der Waals surface area contributed by atoms with E-state index in [1.165, 1.54) is 12.4 Å². The van der Waals surface area contributed by atoms with Gasteiger partial charge in [0.2, 0.25) is 5.95 Å². The summed E-state index contributed by atoms with van der Waals surface area (Å²) in [5, 5.41) is 3.15. The van der Waals surface area contributed by atoms with E-state index in [2.05, 4.69) is 15.3 Å². The fourth-order valence-corrected chi connectivity index (χ4v) is 5.04. The van der Waals surface area contributed by atoms with Crippen molar-refractivity contribution in [2.75, 3.05) is 11.1 Å². The summed E-state index contributed by atoms with van der Waals surface area (Å²) in [5.41, 5.74) is 2.45. The largest absolute Gasteiger partial charge is 0.348 e. The molecule has 1 fully saturated rings. The molecule has 0 saturated heterocycles. The molecule has 0 bridgehead atoms. The van der Waals surface area contributed by atoms with E-state index >= 15 is 0 Å². The Morgan fingerprint density at radius 1 is 1.15 bits per heavy atom. The zero-order chi connectivity index (χ0) is 18.6. The lowest BCUT2D eigenvalue weighted by atomic mass is 9.78. The molecule has 1 aliphatic rings.